The van der Waals surface area contributed by atoms with Crippen molar-refractivity contribution in [2.75, 3.05) is 5.88 Å². The Morgan fingerprint density at radius 2 is 1.85 bits per heavy atom. The molecule has 106 valence electrons. The van der Waals surface area contributed by atoms with Crippen molar-refractivity contribution in [1.29, 1.82) is 0 Å². The Kier molecular flexibility index (Phi) is 4.63. The Bertz CT molecular complexity index is 567. The molecule has 0 saturated carbocycles. The van der Waals surface area contributed by atoms with E-state index in [0.29, 0.717) is 23.8 Å². The van der Waals surface area contributed by atoms with E-state index in [0.717, 1.165) is 5.56 Å². The summed E-state index contributed by atoms with van der Waals surface area (Å²) in [6.45, 7) is 1.72. The second-order valence-electron chi connectivity index (χ2n) is 4.80. The number of hydrogen-bond acceptors (Lipinski definition) is 2. The van der Waals surface area contributed by atoms with Gasteiger partial charge in [0.1, 0.15) is 17.3 Å². The Morgan fingerprint density at radius 1 is 1.15 bits per heavy atom. The molecule has 1 unspecified atom stereocenters. The SMILES string of the molecule is CC(O)(CCCl)c1ccc(Oc2cccc(F)c2)cc1. The summed E-state index contributed by atoms with van der Waals surface area (Å²) in [5.74, 6) is 1.06. The lowest BCUT2D eigenvalue weighted by atomic mass is 9.93. The van der Waals surface area contributed by atoms with Crippen LogP contribution in [0.4, 0.5) is 4.39 Å². The number of benzene rings is 2. The second-order valence-corrected chi connectivity index (χ2v) is 5.17. The molecule has 0 aliphatic carbocycles. The molecule has 2 aromatic carbocycles. The Morgan fingerprint density at radius 3 is 2.45 bits per heavy atom. The van der Waals surface area contributed by atoms with Crippen molar-refractivity contribution in [1.82, 2.24) is 0 Å². The van der Waals surface area contributed by atoms with E-state index in [-0.39, 0.29) is 5.82 Å². The molecule has 0 fully saturated rings. The molecule has 0 spiro atoms. The largest absolute Gasteiger partial charge is 0.457 e. The zero-order valence-electron chi connectivity index (χ0n) is 11.1. The molecular formula is C16H16ClFO2. The molecule has 0 bridgehead atoms. The Labute approximate surface area is 122 Å². The summed E-state index contributed by atoms with van der Waals surface area (Å²) < 4.78 is 18.6. The number of hydrogen-bond donors (Lipinski definition) is 1. The van der Waals surface area contributed by atoms with E-state index in [1.807, 2.05) is 0 Å². The quantitative estimate of drug-likeness (QED) is 0.825. The molecule has 20 heavy (non-hydrogen) atoms. The van der Waals surface area contributed by atoms with Crippen LogP contribution >= 0.6 is 11.6 Å². The van der Waals surface area contributed by atoms with Gasteiger partial charge in [-0.15, -0.1) is 11.6 Å². The molecule has 2 aromatic rings. The zero-order chi connectivity index (χ0) is 14.6. The Balaban J connectivity index is 2.12. The van der Waals surface area contributed by atoms with Gasteiger partial charge in [0.05, 0.1) is 5.60 Å². The first-order valence-electron chi connectivity index (χ1n) is 6.33. The summed E-state index contributed by atoms with van der Waals surface area (Å²) >= 11 is 5.67. The maximum absolute atomic E-state index is 13.0. The minimum atomic E-state index is -0.959. The third-order valence-electron chi connectivity index (χ3n) is 3.09. The maximum atomic E-state index is 13.0. The van der Waals surface area contributed by atoms with Gasteiger partial charge in [0.15, 0.2) is 0 Å². The van der Waals surface area contributed by atoms with Crippen LogP contribution in [0, 0.1) is 5.82 Å². The van der Waals surface area contributed by atoms with Crippen LogP contribution in [0.5, 0.6) is 11.5 Å². The minimum Gasteiger partial charge on any atom is -0.457 e. The van der Waals surface area contributed by atoms with Crippen LogP contribution in [-0.4, -0.2) is 11.0 Å². The van der Waals surface area contributed by atoms with Crippen molar-refractivity contribution in [3.05, 3.63) is 59.9 Å². The molecule has 1 N–H and O–H groups in total. The highest BCUT2D eigenvalue weighted by Crippen LogP contribution is 2.28. The van der Waals surface area contributed by atoms with Crippen LogP contribution in [0.2, 0.25) is 0 Å². The van der Waals surface area contributed by atoms with Crippen LogP contribution in [-0.2, 0) is 5.60 Å². The van der Waals surface area contributed by atoms with Crippen LogP contribution in [0.25, 0.3) is 0 Å². The van der Waals surface area contributed by atoms with Crippen molar-refractivity contribution in [2.24, 2.45) is 0 Å². The molecule has 0 aliphatic rings. The molecule has 0 radical (unpaired) electrons. The fraction of sp³-hybridized carbons (Fsp3) is 0.250. The number of ether oxygens (including phenoxy) is 1. The molecule has 2 nitrogen and oxygen atoms in total. The summed E-state index contributed by atoms with van der Waals surface area (Å²) in [5.41, 5.74) is -0.191. The van der Waals surface area contributed by atoms with Crippen LogP contribution in [0.15, 0.2) is 48.5 Å². The van der Waals surface area contributed by atoms with E-state index in [1.54, 1.807) is 43.3 Å². The average molecular weight is 295 g/mol. The van der Waals surface area contributed by atoms with Crippen molar-refractivity contribution >= 4 is 11.6 Å². The first-order valence-corrected chi connectivity index (χ1v) is 6.87. The van der Waals surface area contributed by atoms with Crippen molar-refractivity contribution in [3.63, 3.8) is 0 Å². The highest BCUT2D eigenvalue weighted by Gasteiger charge is 2.21. The lowest BCUT2D eigenvalue weighted by molar-refractivity contribution is 0.0540. The molecule has 0 aliphatic heterocycles. The molecule has 1 atom stereocenters. The monoisotopic (exact) mass is 294 g/mol. The summed E-state index contributed by atoms with van der Waals surface area (Å²) in [4.78, 5) is 0. The lowest BCUT2D eigenvalue weighted by Crippen LogP contribution is -2.21. The van der Waals surface area contributed by atoms with Gasteiger partial charge in [-0.3, -0.25) is 0 Å². The number of rotatable bonds is 5. The molecule has 2 rings (SSSR count). The summed E-state index contributed by atoms with van der Waals surface area (Å²) in [5, 5.41) is 10.2. The second kappa shape index (κ2) is 6.25. The predicted molar refractivity (Wildman–Crippen MR) is 77.8 cm³/mol. The third kappa shape index (κ3) is 3.71. The van der Waals surface area contributed by atoms with E-state index in [1.165, 1.54) is 12.1 Å². The zero-order valence-corrected chi connectivity index (χ0v) is 11.9. The smallest absolute Gasteiger partial charge is 0.130 e. The van der Waals surface area contributed by atoms with E-state index in [2.05, 4.69) is 0 Å². The van der Waals surface area contributed by atoms with Crippen LogP contribution in [0.3, 0.4) is 0 Å². The summed E-state index contributed by atoms with van der Waals surface area (Å²) in [7, 11) is 0. The maximum Gasteiger partial charge on any atom is 0.130 e. The van der Waals surface area contributed by atoms with Crippen molar-refractivity contribution < 1.29 is 14.2 Å². The highest BCUT2D eigenvalue weighted by atomic mass is 35.5. The molecule has 0 saturated heterocycles. The average Bonchev–Trinajstić information content (AvgIpc) is 2.39. The van der Waals surface area contributed by atoms with Gasteiger partial charge >= 0.3 is 0 Å². The van der Waals surface area contributed by atoms with Crippen molar-refractivity contribution in [2.45, 2.75) is 18.9 Å². The van der Waals surface area contributed by atoms with E-state index < -0.39 is 5.60 Å². The fourth-order valence-electron chi connectivity index (χ4n) is 1.88. The van der Waals surface area contributed by atoms with Gasteiger partial charge in [0.25, 0.3) is 0 Å². The number of aliphatic hydroxyl groups is 1. The number of halogens is 2. The first kappa shape index (κ1) is 14.8. The van der Waals surface area contributed by atoms with E-state index >= 15 is 0 Å². The Hall–Kier alpha value is -1.58. The normalized spacial score (nSPS) is 13.8. The van der Waals surface area contributed by atoms with Gasteiger partial charge in [-0.25, -0.2) is 4.39 Å². The van der Waals surface area contributed by atoms with Gasteiger partial charge in [-0.05, 0) is 43.2 Å². The fourth-order valence-corrected chi connectivity index (χ4v) is 2.24. The summed E-state index contributed by atoms with van der Waals surface area (Å²) in [6.07, 6.45) is 0.471. The van der Waals surface area contributed by atoms with Gasteiger partial charge < -0.3 is 9.84 Å². The highest BCUT2D eigenvalue weighted by molar-refractivity contribution is 6.17. The molecule has 0 heterocycles. The molecule has 0 amide bonds. The lowest BCUT2D eigenvalue weighted by Gasteiger charge is -2.22. The van der Waals surface area contributed by atoms with Gasteiger partial charge in [-0.2, -0.15) is 0 Å². The first-order chi connectivity index (χ1) is 9.51. The molecule has 4 heteroatoms. The van der Waals surface area contributed by atoms with Crippen molar-refractivity contribution in [3.8, 4) is 11.5 Å². The number of alkyl halides is 1. The van der Waals surface area contributed by atoms with Gasteiger partial charge in [0.2, 0.25) is 0 Å². The standard InChI is InChI=1S/C16H16ClFO2/c1-16(19,9-10-17)12-5-7-14(8-6-12)20-15-4-2-3-13(18)11-15/h2-8,11,19H,9-10H2,1H3. The van der Waals surface area contributed by atoms with E-state index in [4.69, 9.17) is 16.3 Å². The summed E-state index contributed by atoms with van der Waals surface area (Å²) in [6, 6.07) is 13.0. The van der Waals surface area contributed by atoms with Gasteiger partial charge in [0, 0.05) is 11.9 Å². The predicted octanol–water partition coefficient (Wildman–Crippen LogP) is 4.45. The van der Waals surface area contributed by atoms with E-state index in [9.17, 15) is 9.50 Å². The van der Waals surface area contributed by atoms with Crippen LogP contribution in [0.1, 0.15) is 18.9 Å². The topological polar surface area (TPSA) is 29.5 Å². The van der Waals surface area contributed by atoms with Crippen LogP contribution < -0.4 is 4.74 Å². The minimum absolute atomic E-state index is 0.343. The van der Waals surface area contributed by atoms with Gasteiger partial charge in [-0.1, -0.05) is 18.2 Å². The molecule has 0 aromatic heterocycles. The molecular weight excluding hydrogens is 279 g/mol. The third-order valence-corrected chi connectivity index (χ3v) is 3.28.